The van der Waals surface area contributed by atoms with Crippen LogP contribution >= 0.6 is 23.1 Å². The van der Waals surface area contributed by atoms with Gasteiger partial charge in [-0.15, -0.1) is 21.5 Å². The molecule has 1 aromatic carbocycles. The normalized spacial score (nSPS) is 13.0. The van der Waals surface area contributed by atoms with Crippen LogP contribution in [0.3, 0.4) is 0 Å². The zero-order chi connectivity index (χ0) is 21.9. The SMILES string of the molecule is O=[N+]([O-])c1cc2c(c(CSc3nnc(Cc4cccs4)n3Cc3ccco3)c1)OCOC2. The van der Waals surface area contributed by atoms with Crippen LogP contribution in [0.2, 0.25) is 0 Å². The summed E-state index contributed by atoms with van der Waals surface area (Å²) >= 11 is 3.13. The minimum atomic E-state index is -0.401. The highest BCUT2D eigenvalue weighted by Crippen LogP contribution is 2.36. The summed E-state index contributed by atoms with van der Waals surface area (Å²) < 4.78 is 18.5. The maximum atomic E-state index is 11.4. The molecule has 0 N–H and O–H groups in total. The lowest BCUT2D eigenvalue weighted by molar-refractivity contribution is -0.385. The molecule has 4 heterocycles. The molecule has 11 heteroatoms. The summed E-state index contributed by atoms with van der Waals surface area (Å²) in [6, 6.07) is 10.9. The minimum absolute atomic E-state index is 0.0175. The van der Waals surface area contributed by atoms with Crippen molar-refractivity contribution < 1.29 is 18.8 Å². The lowest BCUT2D eigenvalue weighted by atomic mass is 10.1. The molecular formula is C21H18N4O5S2. The van der Waals surface area contributed by atoms with Gasteiger partial charge < -0.3 is 13.9 Å². The van der Waals surface area contributed by atoms with Crippen LogP contribution in [0.4, 0.5) is 5.69 Å². The molecule has 0 saturated carbocycles. The number of aromatic nitrogens is 3. The summed E-state index contributed by atoms with van der Waals surface area (Å²) in [6.07, 6.45) is 2.30. The van der Waals surface area contributed by atoms with E-state index in [1.165, 1.54) is 22.7 Å². The molecule has 164 valence electrons. The summed E-state index contributed by atoms with van der Waals surface area (Å²) in [5, 5.41) is 22.9. The third kappa shape index (κ3) is 4.40. The quantitative estimate of drug-likeness (QED) is 0.208. The molecule has 0 unspecified atom stereocenters. The van der Waals surface area contributed by atoms with Crippen molar-refractivity contribution in [1.82, 2.24) is 14.8 Å². The van der Waals surface area contributed by atoms with Gasteiger partial charge in [0.1, 0.15) is 17.3 Å². The van der Waals surface area contributed by atoms with E-state index in [1.54, 1.807) is 23.7 Å². The first kappa shape index (κ1) is 20.7. The number of thiophene rings is 1. The molecule has 1 aliphatic rings. The van der Waals surface area contributed by atoms with Crippen molar-refractivity contribution in [3.05, 3.63) is 85.7 Å². The van der Waals surface area contributed by atoms with Gasteiger partial charge in [0, 0.05) is 40.3 Å². The number of nitro groups is 1. The van der Waals surface area contributed by atoms with Gasteiger partial charge in [0.05, 0.1) is 24.3 Å². The number of fused-ring (bicyclic) bond motifs is 1. The molecule has 32 heavy (non-hydrogen) atoms. The number of furan rings is 1. The molecule has 0 aliphatic carbocycles. The van der Waals surface area contributed by atoms with Crippen molar-refractivity contribution in [2.24, 2.45) is 0 Å². The van der Waals surface area contributed by atoms with Gasteiger partial charge in [0.15, 0.2) is 11.9 Å². The first-order chi connectivity index (χ1) is 15.7. The Labute approximate surface area is 191 Å². The maximum absolute atomic E-state index is 11.4. The van der Waals surface area contributed by atoms with Crippen LogP contribution in [-0.4, -0.2) is 26.5 Å². The third-order valence-electron chi connectivity index (χ3n) is 4.94. The van der Waals surface area contributed by atoms with Crippen LogP contribution in [-0.2, 0) is 30.1 Å². The molecule has 0 saturated heterocycles. The molecular weight excluding hydrogens is 452 g/mol. The number of nitrogens with zero attached hydrogens (tertiary/aromatic N) is 4. The number of non-ortho nitro benzene ring substituents is 1. The maximum Gasteiger partial charge on any atom is 0.270 e. The fraction of sp³-hybridized carbons (Fsp3) is 0.238. The Morgan fingerprint density at radius 2 is 2.19 bits per heavy atom. The minimum Gasteiger partial charge on any atom is -0.467 e. The molecule has 0 bridgehead atoms. The zero-order valence-corrected chi connectivity index (χ0v) is 18.4. The Bertz CT molecular complexity index is 1220. The predicted molar refractivity (Wildman–Crippen MR) is 118 cm³/mol. The van der Waals surface area contributed by atoms with Crippen LogP contribution in [0.1, 0.15) is 27.6 Å². The Hall–Kier alpha value is -3.15. The van der Waals surface area contributed by atoms with E-state index in [0.29, 0.717) is 35.2 Å². The molecule has 0 spiro atoms. The lowest BCUT2D eigenvalue weighted by Crippen LogP contribution is -2.13. The standard InChI is InChI=1S/C21H18N4O5S2/c26-25(27)16-7-14-11-28-13-30-20(14)15(8-16)12-32-21-23-22-19(9-18-4-2-6-31-18)24(21)10-17-3-1-5-29-17/h1-8H,9-13H2. The molecule has 9 nitrogen and oxygen atoms in total. The van der Waals surface area contributed by atoms with E-state index < -0.39 is 4.92 Å². The molecule has 0 amide bonds. The monoisotopic (exact) mass is 470 g/mol. The molecule has 0 radical (unpaired) electrons. The van der Waals surface area contributed by atoms with Gasteiger partial charge in [-0.3, -0.25) is 14.7 Å². The van der Waals surface area contributed by atoms with Gasteiger partial charge in [0.25, 0.3) is 5.69 Å². The van der Waals surface area contributed by atoms with Gasteiger partial charge in [-0.1, -0.05) is 17.8 Å². The highest BCUT2D eigenvalue weighted by atomic mass is 32.2. The van der Waals surface area contributed by atoms with Crippen molar-refractivity contribution in [2.75, 3.05) is 6.79 Å². The first-order valence-corrected chi connectivity index (χ1v) is 11.6. The number of hydrogen-bond donors (Lipinski definition) is 0. The second kappa shape index (κ2) is 9.15. The van der Waals surface area contributed by atoms with Crippen molar-refractivity contribution in [3.8, 4) is 5.75 Å². The van der Waals surface area contributed by atoms with Gasteiger partial charge in [-0.2, -0.15) is 0 Å². The molecule has 3 aromatic heterocycles. The van der Waals surface area contributed by atoms with E-state index in [4.69, 9.17) is 13.9 Å². The summed E-state index contributed by atoms with van der Waals surface area (Å²) in [7, 11) is 0. The molecule has 1 aliphatic heterocycles. The van der Waals surface area contributed by atoms with Gasteiger partial charge in [-0.05, 0) is 23.6 Å². The molecule has 0 fully saturated rings. The van der Waals surface area contributed by atoms with Crippen LogP contribution in [0.5, 0.6) is 5.75 Å². The smallest absolute Gasteiger partial charge is 0.270 e. The molecule has 5 rings (SSSR count). The second-order valence-corrected chi connectivity index (χ2v) is 9.04. The number of hydrogen-bond acceptors (Lipinski definition) is 9. The van der Waals surface area contributed by atoms with Gasteiger partial charge in [0.2, 0.25) is 0 Å². The van der Waals surface area contributed by atoms with Crippen molar-refractivity contribution >= 4 is 28.8 Å². The topological polar surface area (TPSA) is 105 Å². The average Bonchev–Trinajstić information content (AvgIpc) is 3.57. The Morgan fingerprint density at radius 1 is 1.25 bits per heavy atom. The van der Waals surface area contributed by atoms with Crippen molar-refractivity contribution in [3.63, 3.8) is 0 Å². The van der Waals surface area contributed by atoms with Gasteiger partial charge >= 0.3 is 0 Å². The van der Waals surface area contributed by atoms with Crippen LogP contribution in [0, 0.1) is 10.1 Å². The lowest BCUT2D eigenvalue weighted by Gasteiger charge is -2.20. The average molecular weight is 471 g/mol. The third-order valence-corrected chi connectivity index (χ3v) is 6.83. The molecule has 0 atom stereocenters. The number of nitro benzene ring substituents is 1. The second-order valence-electron chi connectivity index (χ2n) is 7.07. The summed E-state index contributed by atoms with van der Waals surface area (Å²) in [6.45, 7) is 0.914. The predicted octanol–water partition coefficient (Wildman–Crippen LogP) is 4.64. The fourth-order valence-electron chi connectivity index (χ4n) is 3.48. The molecule has 4 aromatic rings. The highest BCUT2D eigenvalue weighted by Gasteiger charge is 2.22. The van der Waals surface area contributed by atoms with E-state index in [-0.39, 0.29) is 19.1 Å². The van der Waals surface area contributed by atoms with E-state index in [9.17, 15) is 10.1 Å². The van der Waals surface area contributed by atoms with Crippen molar-refractivity contribution in [2.45, 2.75) is 30.5 Å². The summed E-state index contributed by atoms with van der Waals surface area (Å²) in [5.74, 6) is 2.72. The number of thioether (sulfide) groups is 1. The first-order valence-electron chi connectivity index (χ1n) is 9.78. The number of ether oxygens (including phenoxy) is 2. The van der Waals surface area contributed by atoms with Crippen LogP contribution in [0.15, 0.2) is 57.6 Å². The van der Waals surface area contributed by atoms with E-state index >= 15 is 0 Å². The Kier molecular flexibility index (Phi) is 5.93. The highest BCUT2D eigenvalue weighted by molar-refractivity contribution is 7.98. The Morgan fingerprint density at radius 3 is 2.97 bits per heavy atom. The summed E-state index contributed by atoms with van der Waals surface area (Å²) in [5.41, 5.74) is 1.43. The van der Waals surface area contributed by atoms with E-state index in [2.05, 4.69) is 16.3 Å². The Balaban J connectivity index is 1.43. The van der Waals surface area contributed by atoms with Crippen molar-refractivity contribution in [1.29, 1.82) is 0 Å². The number of benzene rings is 1. The van der Waals surface area contributed by atoms with Gasteiger partial charge in [-0.25, -0.2) is 0 Å². The van der Waals surface area contributed by atoms with Crippen LogP contribution in [0.25, 0.3) is 0 Å². The van der Waals surface area contributed by atoms with E-state index in [1.807, 2.05) is 28.1 Å². The fourth-order valence-corrected chi connectivity index (χ4v) is 5.10. The largest absolute Gasteiger partial charge is 0.467 e. The number of rotatable bonds is 8. The van der Waals surface area contributed by atoms with Crippen LogP contribution < -0.4 is 4.74 Å². The zero-order valence-electron chi connectivity index (χ0n) is 16.8. The summed E-state index contributed by atoms with van der Waals surface area (Å²) in [4.78, 5) is 12.2. The van der Waals surface area contributed by atoms with E-state index in [0.717, 1.165) is 17.1 Å².